The first-order valence-electron chi connectivity index (χ1n) is 7.57. The molecule has 0 spiro atoms. The highest BCUT2D eigenvalue weighted by atomic mass is 16.5. The minimum absolute atomic E-state index is 0.00922. The highest BCUT2D eigenvalue weighted by Gasteiger charge is 2.35. The molecule has 0 radical (unpaired) electrons. The quantitative estimate of drug-likeness (QED) is 0.940. The summed E-state index contributed by atoms with van der Waals surface area (Å²) in [5.74, 6) is 0.00922. The van der Waals surface area contributed by atoms with Crippen LogP contribution in [0.2, 0.25) is 0 Å². The molecule has 3 rings (SSSR count). The molecule has 2 aromatic rings. The Balaban J connectivity index is 1.74. The first kappa shape index (κ1) is 14.3. The van der Waals surface area contributed by atoms with Crippen LogP contribution in [0.1, 0.15) is 36.4 Å². The third kappa shape index (κ3) is 3.17. The van der Waals surface area contributed by atoms with Crippen molar-refractivity contribution in [2.24, 2.45) is 7.05 Å². The van der Waals surface area contributed by atoms with Crippen LogP contribution < -0.4 is 0 Å². The number of hydrogen-bond acceptors (Lipinski definition) is 3. The SMILES string of the molecule is Cn1nccc1[C@@H]1[C@@H](O)CCC[C@H]1OCc1ccccc1. The van der Waals surface area contributed by atoms with Crippen LogP contribution in [0, 0.1) is 0 Å². The van der Waals surface area contributed by atoms with Gasteiger partial charge in [0.15, 0.2) is 0 Å². The average Bonchev–Trinajstić information content (AvgIpc) is 2.92. The monoisotopic (exact) mass is 286 g/mol. The molecule has 3 atom stereocenters. The topological polar surface area (TPSA) is 47.3 Å². The summed E-state index contributed by atoms with van der Waals surface area (Å²) in [4.78, 5) is 0. The smallest absolute Gasteiger partial charge is 0.0720 e. The van der Waals surface area contributed by atoms with Crippen LogP contribution in [0.5, 0.6) is 0 Å². The summed E-state index contributed by atoms with van der Waals surface area (Å²) in [5.41, 5.74) is 2.22. The van der Waals surface area contributed by atoms with E-state index in [9.17, 15) is 5.11 Å². The maximum Gasteiger partial charge on any atom is 0.0720 e. The zero-order chi connectivity index (χ0) is 14.7. The van der Waals surface area contributed by atoms with Gasteiger partial charge in [-0.3, -0.25) is 4.68 Å². The van der Waals surface area contributed by atoms with Crippen molar-refractivity contribution in [3.8, 4) is 0 Å². The Morgan fingerprint density at radius 1 is 1.24 bits per heavy atom. The van der Waals surface area contributed by atoms with Gasteiger partial charge in [-0.2, -0.15) is 5.10 Å². The van der Waals surface area contributed by atoms with Gasteiger partial charge in [-0.15, -0.1) is 0 Å². The molecule has 0 bridgehead atoms. The Labute approximate surface area is 125 Å². The molecule has 1 saturated carbocycles. The Hall–Kier alpha value is -1.65. The normalized spacial score (nSPS) is 25.9. The van der Waals surface area contributed by atoms with E-state index in [2.05, 4.69) is 17.2 Å². The van der Waals surface area contributed by atoms with Gasteiger partial charge in [0.05, 0.1) is 24.7 Å². The van der Waals surface area contributed by atoms with Crippen molar-refractivity contribution in [1.82, 2.24) is 9.78 Å². The van der Waals surface area contributed by atoms with Crippen molar-refractivity contribution in [1.29, 1.82) is 0 Å². The number of aliphatic hydroxyl groups is 1. The highest BCUT2D eigenvalue weighted by molar-refractivity contribution is 5.15. The van der Waals surface area contributed by atoms with Gasteiger partial charge in [-0.1, -0.05) is 30.3 Å². The van der Waals surface area contributed by atoms with Gasteiger partial charge in [0.2, 0.25) is 0 Å². The molecular weight excluding hydrogens is 264 g/mol. The van der Waals surface area contributed by atoms with Crippen LogP contribution in [0.25, 0.3) is 0 Å². The Morgan fingerprint density at radius 3 is 2.76 bits per heavy atom. The fourth-order valence-corrected chi connectivity index (χ4v) is 3.20. The van der Waals surface area contributed by atoms with Crippen molar-refractivity contribution < 1.29 is 9.84 Å². The molecule has 4 nitrogen and oxygen atoms in total. The fraction of sp³-hybridized carbons (Fsp3) is 0.471. The summed E-state index contributed by atoms with van der Waals surface area (Å²) in [7, 11) is 1.92. The van der Waals surface area contributed by atoms with E-state index in [-0.39, 0.29) is 18.1 Å². The summed E-state index contributed by atoms with van der Waals surface area (Å²) in [6.45, 7) is 0.590. The second-order valence-electron chi connectivity index (χ2n) is 5.74. The number of aryl methyl sites for hydroxylation is 1. The Kier molecular flexibility index (Phi) is 4.36. The molecule has 1 N–H and O–H groups in total. The number of rotatable bonds is 4. The van der Waals surface area contributed by atoms with Crippen molar-refractivity contribution in [3.63, 3.8) is 0 Å². The summed E-state index contributed by atoms with van der Waals surface area (Å²) < 4.78 is 7.98. The maximum absolute atomic E-state index is 10.4. The lowest BCUT2D eigenvalue weighted by Gasteiger charge is -2.35. The van der Waals surface area contributed by atoms with Gasteiger partial charge in [0.25, 0.3) is 0 Å². The molecular formula is C17H22N2O2. The lowest BCUT2D eigenvalue weighted by atomic mass is 9.81. The third-order valence-corrected chi connectivity index (χ3v) is 4.31. The number of hydrogen-bond donors (Lipinski definition) is 1. The molecule has 4 heteroatoms. The lowest BCUT2D eigenvalue weighted by molar-refractivity contribution is -0.0446. The average molecular weight is 286 g/mol. The third-order valence-electron chi connectivity index (χ3n) is 4.31. The molecule has 0 unspecified atom stereocenters. The van der Waals surface area contributed by atoms with E-state index in [4.69, 9.17) is 4.74 Å². The molecule has 1 aliphatic rings. The second kappa shape index (κ2) is 6.41. The fourth-order valence-electron chi connectivity index (χ4n) is 3.20. The first-order chi connectivity index (χ1) is 10.3. The Morgan fingerprint density at radius 2 is 2.05 bits per heavy atom. The van der Waals surface area contributed by atoms with Crippen LogP contribution >= 0.6 is 0 Å². The van der Waals surface area contributed by atoms with E-state index in [1.54, 1.807) is 6.20 Å². The van der Waals surface area contributed by atoms with Crippen molar-refractivity contribution >= 4 is 0 Å². The van der Waals surface area contributed by atoms with E-state index in [0.29, 0.717) is 6.61 Å². The molecule has 112 valence electrons. The molecule has 1 heterocycles. The van der Waals surface area contributed by atoms with Gasteiger partial charge in [-0.25, -0.2) is 0 Å². The molecule has 1 aliphatic carbocycles. The predicted octanol–water partition coefficient (Wildman–Crippen LogP) is 2.63. The zero-order valence-corrected chi connectivity index (χ0v) is 12.4. The van der Waals surface area contributed by atoms with Gasteiger partial charge < -0.3 is 9.84 Å². The molecule has 0 saturated heterocycles. The largest absolute Gasteiger partial charge is 0.392 e. The van der Waals surface area contributed by atoms with E-state index < -0.39 is 0 Å². The molecule has 0 aliphatic heterocycles. The summed E-state index contributed by atoms with van der Waals surface area (Å²) >= 11 is 0. The second-order valence-corrected chi connectivity index (χ2v) is 5.74. The number of ether oxygens (including phenoxy) is 1. The van der Waals surface area contributed by atoms with E-state index >= 15 is 0 Å². The van der Waals surface area contributed by atoms with Gasteiger partial charge in [0, 0.05) is 18.9 Å². The maximum atomic E-state index is 10.4. The minimum Gasteiger partial charge on any atom is -0.392 e. The minimum atomic E-state index is -0.352. The molecule has 1 aromatic carbocycles. The van der Waals surface area contributed by atoms with Gasteiger partial charge in [0.1, 0.15) is 0 Å². The van der Waals surface area contributed by atoms with E-state index in [0.717, 1.165) is 25.0 Å². The first-order valence-corrected chi connectivity index (χ1v) is 7.57. The molecule has 1 aromatic heterocycles. The number of aromatic nitrogens is 2. The molecule has 0 amide bonds. The van der Waals surface area contributed by atoms with E-state index in [1.165, 1.54) is 5.56 Å². The standard InChI is InChI=1S/C17H22N2O2/c1-19-14(10-11-18-19)17-15(20)8-5-9-16(17)21-12-13-6-3-2-4-7-13/h2-4,6-7,10-11,15-17,20H,5,8-9,12H2,1H3/t15-,16+,17+/m0/s1. The van der Waals surface area contributed by atoms with Crippen molar-refractivity contribution in [2.45, 2.75) is 44.0 Å². The zero-order valence-electron chi connectivity index (χ0n) is 12.4. The highest BCUT2D eigenvalue weighted by Crippen LogP contribution is 2.35. The van der Waals surface area contributed by atoms with Crippen molar-refractivity contribution in [3.05, 3.63) is 53.9 Å². The van der Waals surface area contributed by atoms with Crippen LogP contribution in [-0.2, 0) is 18.4 Å². The Bertz CT molecular complexity index is 567. The van der Waals surface area contributed by atoms with Crippen molar-refractivity contribution in [2.75, 3.05) is 0 Å². The van der Waals surface area contributed by atoms with Crippen LogP contribution in [0.15, 0.2) is 42.6 Å². The lowest BCUT2D eigenvalue weighted by Crippen LogP contribution is -2.37. The molecule has 1 fully saturated rings. The molecule has 21 heavy (non-hydrogen) atoms. The predicted molar refractivity (Wildman–Crippen MR) is 80.8 cm³/mol. The van der Waals surface area contributed by atoms with Gasteiger partial charge >= 0.3 is 0 Å². The van der Waals surface area contributed by atoms with E-state index in [1.807, 2.05) is 36.0 Å². The summed E-state index contributed by atoms with van der Waals surface area (Å²) in [5, 5.41) is 14.6. The number of aliphatic hydroxyl groups excluding tert-OH is 1. The number of nitrogens with zero attached hydrogens (tertiary/aromatic N) is 2. The summed E-state index contributed by atoms with van der Waals surface area (Å²) in [6.07, 6.45) is 4.31. The van der Waals surface area contributed by atoms with Crippen LogP contribution in [-0.4, -0.2) is 27.1 Å². The van der Waals surface area contributed by atoms with Gasteiger partial charge in [-0.05, 0) is 30.9 Å². The van der Waals surface area contributed by atoms with Crippen LogP contribution in [0.4, 0.5) is 0 Å². The van der Waals surface area contributed by atoms with Crippen LogP contribution in [0.3, 0.4) is 0 Å². The summed E-state index contributed by atoms with van der Waals surface area (Å²) in [6, 6.07) is 12.2. The number of benzene rings is 1.